The largest absolute Gasteiger partial charge is 0.479 e. The molecule has 12 heavy (non-hydrogen) atoms. The van der Waals surface area contributed by atoms with Crippen molar-refractivity contribution in [2.45, 2.75) is 19.8 Å². The van der Waals surface area contributed by atoms with Crippen molar-refractivity contribution in [2.75, 3.05) is 12.8 Å². The molecule has 0 fully saturated rings. The summed E-state index contributed by atoms with van der Waals surface area (Å²) in [5.74, 6) is 0.466. The van der Waals surface area contributed by atoms with Gasteiger partial charge >= 0.3 is 0 Å². The van der Waals surface area contributed by atoms with Crippen molar-refractivity contribution in [2.24, 2.45) is 0 Å². The summed E-state index contributed by atoms with van der Waals surface area (Å²) in [6, 6.07) is 0. The molecular weight excluding hydrogens is 154 g/mol. The number of rotatable bonds is 3. The highest BCUT2D eigenvalue weighted by atomic mass is 16.5. The minimum atomic E-state index is 0.466. The molecule has 4 heteroatoms. The molecule has 0 aliphatic heterocycles. The predicted molar refractivity (Wildman–Crippen MR) is 47.0 cm³/mol. The van der Waals surface area contributed by atoms with Crippen LogP contribution in [0.3, 0.4) is 0 Å². The van der Waals surface area contributed by atoms with Gasteiger partial charge in [0.25, 0.3) is 0 Å². The molecule has 0 saturated heterocycles. The van der Waals surface area contributed by atoms with Crippen molar-refractivity contribution in [1.29, 1.82) is 0 Å². The Balaban J connectivity index is 2.97. The van der Waals surface area contributed by atoms with Gasteiger partial charge in [0, 0.05) is 0 Å². The average Bonchev–Trinajstić information content (AvgIpc) is 2.09. The number of anilines is 1. The van der Waals surface area contributed by atoms with Crippen LogP contribution in [0.1, 0.15) is 19.0 Å². The summed E-state index contributed by atoms with van der Waals surface area (Å²) in [5, 5.41) is 0. The summed E-state index contributed by atoms with van der Waals surface area (Å²) in [6.45, 7) is 2.08. The molecule has 0 atom stereocenters. The van der Waals surface area contributed by atoms with Crippen LogP contribution >= 0.6 is 0 Å². The highest BCUT2D eigenvalue weighted by Gasteiger charge is 2.05. The van der Waals surface area contributed by atoms with Crippen LogP contribution in [0, 0.1) is 0 Å². The van der Waals surface area contributed by atoms with Crippen molar-refractivity contribution in [3.05, 3.63) is 12.0 Å². The standard InChI is InChI=1S/C8H13N3O/c1-3-4-6-7(9)8(12-2)11-5-10-6/h5H,3-4,9H2,1-2H3. The van der Waals surface area contributed by atoms with E-state index in [1.165, 1.54) is 6.33 Å². The average molecular weight is 167 g/mol. The Morgan fingerprint density at radius 3 is 2.83 bits per heavy atom. The van der Waals surface area contributed by atoms with Crippen molar-refractivity contribution in [3.8, 4) is 5.88 Å². The van der Waals surface area contributed by atoms with Gasteiger partial charge in [-0.05, 0) is 6.42 Å². The van der Waals surface area contributed by atoms with Gasteiger partial charge in [0.15, 0.2) is 0 Å². The summed E-state index contributed by atoms with van der Waals surface area (Å²) in [6.07, 6.45) is 3.36. The molecule has 0 spiro atoms. The molecule has 1 heterocycles. The van der Waals surface area contributed by atoms with E-state index in [1.807, 2.05) is 0 Å². The summed E-state index contributed by atoms with van der Waals surface area (Å²) < 4.78 is 4.96. The highest BCUT2D eigenvalue weighted by Crippen LogP contribution is 2.20. The third kappa shape index (κ3) is 1.64. The van der Waals surface area contributed by atoms with E-state index in [9.17, 15) is 0 Å². The van der Waals surface area contributed by atoms with E-state index in [1.54, 1.807) is 7.11 Å². The van der Waals surface area contributed by atoms with Gasteiger partial charge in [-0.15, -0.1) is 0 Å². The van der Waals surface area contributed by atoms with Gasteiger partial charge in [-0.25, -0.2) is 4.98 Å². The van der Waals surface area contributed by atoms with Crippen LogP contribution in [-0.4, -0.2) is 17.1 Å². The zero-order valence-electron chi connectivity index (χ0n) is 7.37. The number of aromatic nitrogens is 2. The summed E-state index contributed by atoms with van der Waals surface area (Å²) in [5.41, 5.74) is 7.15. The number of aryl methyl sites for hydroxylation is 1. The van der Waals surface area contributed by atoms with Gasteiger partial charge in [0.05, 0.1) is 12.8 Å². The Hall–Kier alpha value is -1.32. The third-order valence-electron chi connectivity index (χ3n) is 1.61. The summed E-state index contributed by atoms with van der Waals surface area (Å²) >= 11 is 0. The van der Waals surface area contributed by atoms with Crippen LogP contribution < -0.4 is 10.5 Å². The van der Waals surface area contributed by atoms with E-state index in [-0.39, 0.29) is 0 Å². The van der Waals surface area contributed by atoms with E-state index in [2.05, 4.69) is 16.9 Å². The lowest BCUT2D eigenvalue weighted by Crippen LogP contribution is -2.02. The van der Waals surface area contributed by atoms with Gasteiger partial charge in [-0.2, -0.15) is 4.98 Å². The molecule has 4 nitrogen and oxygen atoms in total. The van der Waals surface area contributed by atoms with Gasteiger partial charge in [-0.1, -0.05) is 13.3 Å². The number of hydrogen-bond acceptors (Lipinski definition) is 4. The van der Waals surface area contributed by atoms with Crippen LogP contribution in [0.25, 0.3) is 0 Å². The van der Waals surface area contributed by atoms with Gasteiger partial charge in [0.1, 0.15) is 12.0 Å². The first-order valence-electron chi connectivity index (χ1n) is 3.93. The van der Waals surface area contributed by atoms with Crippen LogP contribution in [0.2, 0.25) is 0 Å². The second kappa shape index (κ2) is 3.90. The maximum absolute atomic E-state index is 5.73. The first-order valence-corrected chi connectivity index (χ1v) is 3.93. The number of nitrogens with zero attached hydrogens (tertiary/aromatic N) is 2. The molecule has 1 aromatic rings. The monoisotopic (exact) mass is 167 g/mol. The third-order valence-corrected chi connectivity index (χ3v) is 1.61. The molecule has 1 aromatic heterocycles. The summed E-state index contributed by atoms with van der Waals surface area (Å²) in [4.78, 5) is 7.94. The lowest BCUT2D eigenvalue weighted by atomic mass is 10.2. The normalized spacial score (nSPS) is 9.83. The first-order chi connectivity index (χ1) is 5.79. The molecule has 0 aromatic carbocycles. The van der Waals surface area contributed by atoms with E-state index in [4.69, 9.17) is 10.5 Å². The lowest BCUT2D eigenvalue weighted by Gasteiger charge is -2.05. The fraction of sp³-hybridized carbons (Fsp3) is 0.500. The number of ether oxygens (including phenoxy) is 1. The number of hydrogen-bond donors (Lipinski definition) is 1. The van der Waals surface area contributed by atoms with E-state index in [0.29, 0.717) is 11.6 Å². The van der Waals surface area contributed by atoms with Crippen molar-refractivity contribution < 1.29 is 4.74 Å². The molecule has 0 aliphatic carbocycles. The quantitative estimate of drug-likeness (QED) is 0.730. The Bertz CT molecular complexity index is 262. The molecule has 1 rings (SSSR count). The predicted octanol–water partition coefficient (Wildman–Crippen LogP) is 1.02. The fourth-order valence-electron chi connectivity index (χ4n) is 1.01. The Labute approximate surface area is 71.8 Å². The second-order valence-electron chi connectivity index (χ2n) is 2.49. The van der Waals surface area contributed by atoms with Gasteiger partial charge in [0.2, 0.25) is 5.88 Å². The molecule has 0 unspecified atom stereocenters. The van der Waals surface area contributed by atoms with Gasteiger partial charge < -0.3 is 10.5 Å². The molecule has 0 bridgehead atoms. The molecule has 0 saturated carbocycles. The number of nitrogen functional groups attached to an aromatic ring is 1. The minimum absolute atomic E-state index is 0.466. The van der Waals surface area contributed by atoms with Crippen LogP contribution in [0.15, 0.2) is 6.33 Å². The summed E-state index contributed by atoms with van der Waals surface area (Å²) in [7, 11) is 1.55. The molecule has 66 valence electrons. The second-order valence-corrected chi connectivity index (χ2v) is 2.49. The maximum Gasteiger partial charge on any atom is 0.240 e. The van der Waals surface area contributed by atoms with Crippen LogP contribution in [0.4, 0.5) is 5.69 Å². The minimum Gasteiger partial charge on any atom is -0.479 e. The smallest absolute Gasteiger partial charge is 0.240 e. The molecule has 0 amide bonds. The van der Waals surface area contributed by atoms with E-state index in [0.717, 1.165) is 18.5 Å². The van der Waals surface area contributed by atoms with Crippen LogP contribution in [-0.2, 0) is 6.42 Å². The zero-order valence-corrected chi connectivity index (χ0v) is 7.37. The van der Waals surface area contributed by atoms with Crippen molar-refractivity contribution >= 4 is 5.69 Å². The molecule has 0 aliphatic rings. The maximum atomic E-state index is 5.73. The molecular formula is C8H13N3O. The fourth-order valence-corrected chi connectivity index (χ4v) is 1.01. The first kappa shape index (κ1) is 8.77. The SMILES string of the molecule is CCCc1ncnc(OC)c1N. The Morgan fingerprint density at radius 1 is 1.50 bits per heavy atom. The van der Waals surface area contributed by atoms with Crippen molar-refractivity contribution in [1.82, 2.24) is 9.97 Å². The number of methoxy groups -OCH3 is 1. The van der Waals surface area contributed by atoms with Gasteiger partial charge in [-0.3, -0.25) is 0 Å². The highest BCUT2D eigenvalue weighted by molar-refractivity contribution is 5.51. The Kier molecular flexibility index (Phi) is 2.85. The van der Waals surface area contributed by atoms with Crippen LogP contribution in [0.5, 0.6) is 5.88 Å². The van der Waals surface area contributed by atoms with E-state index >= 15 is 0 Å². The lowest BCUT2D eigenvalue weighted by molar-refractivity contribution is 0.398. The van der Waals surface area contributed by atoms with Crippen molar-refractivity contribution in [3.63, 3.8) is 0 Å². The topological polar surface area (TPSA) is 61.0 Å². The number of nitrogens with two attached hydrogens (primary N) is 1. The van der Waals surface area contributed by atoms with E-state index < -0.39 is 0 Å². The molecule has 0 radical (unpaired) electrons. The molecule has 2 N–H and O–H groups in total. The Morgan fingerprint density at radius 2 is 2.25 bits per heavy atom. The zero-order chi connectivity index (χ0) is 8.97.